The second kappa shape index (κ2) is 6.28. The maximum atomic E-state index is 3.05. The predicted octanol–water partition coefficient (Wildman–Crippen LogP) is 2.37. The van der Waals surface area contributed by atoms with Crippen molar-refractivity contribution < 1.29 is 0 Å². The lowest BCUT2D eigenvalue weighted by atomic mass is 10.5. The molecule has 0 saturated heterocycles. The summed E-state index contributed by atoms with van der Waals surface area (Å²) in [7, 11) is 4.00. The highest BCUT2D eigenvalue weighted by molar-refractivity contribution is 7.64. The van der Waals surface area contributed by atoms with Crippen LogP contribution in [0.25, 0.3) is 0 Å². The Bertz CT molecular complexity index is 148. The highest BCUT2D eigenvalue weighted by atomic mass is 31.1. The molecule has 0 aromatic heterocycles. The highest BCUT2D eigenvalue weighted by Crippen LogP contribution is 2.03. The Labute approximate surface area is 61.4 Å². The lowest BCUT2D eigenvalue weighted by molar-refractivity contribution is 1.28. The fraction of sp³-hybridized carbons (Fsp3) is 0.571. The zero-order chi connectivity index (χ0) is 7.11. The van der Waals surface area contributed by atoms with Gasteiger partial charge in [-0.15, -0.1) is 0 Å². The molecular formula is C7H12P2. The van der Waals surface area contributed by atoms with Crippen LogP contribution in [0.3, 0.4) is 0 Å². The molecule has 0 rings (SSSR count). The average molecular weight is 158 g/mol. The Hall–Kier alpha value is 0.160. The van der Waals surface area contributed by atoms with E-state index in [0.717, 1.165) is 12.6 Å². The van der Waals surface area contributed by atoms with E-state index >= 15 is 0 Å². The van der Waals surface area contributed by atoms with Gasteiger partial charge in [0.25, 0.3) is 0 Å². The summed E-state index contributed by atoms with van der Waals surface area (Å²) < 4.78 is 0. The van der Waals surface area contributed by atoms with Crippen molar-refractivity contribution in [2.24, 2.45) is 0 Å². The minimum absolute atomic E-state index is 0.955. The molecule has 50 valence electrons. The molecule has 0 spiro atoms. The van der Waals surface area contributed by atoms with Gasteiger partial charge in [0.2, 0.25) is 0 Å². The van der Waals surface area contributed by atoms with Gasteiger partial charge in [0.15, 0.2) is 0 Å². The molecular weight excluding hydrogens is 146 g/mol. The molecule has 0 aliphatic heterocycles. The molecule has 0 aromatic carbocycles. The van der Waals surface area contributed by atoms with E-state index in [-0.39, 0.29) is 0 Å². The normalized spacial score (nSPS) is 10.3. The SMILES string of the molecule is CCC#CC(P)=PCC. The smallest absolute Gasteiger partial charge is 0.0418 e. The second-order valence-electron chi connectivity index (χ2n) is 1.51. The molecule has 0 N–H and O–H groups in total. The largest absolute Gasteiger partial charge is 0.0978 e. The standard InChI is InChI=1S/C7H12P2/c1-3-5-6-7(8)9-4-2/h3-4,8H2,1-2H3. The summed E-state index contributed by atoms with van der Waals surface area (Å²) in [6.45, 7) is 4.22. The third kappa shape index (κ3) is 6.04. The molecule has 0 amide bonds. The van der Waals surface area contributed by atoms with Crippen molar-refractivity contribution in [2.75, 3.05) is 6.16 Å². The maximum absolute atomic E-state index is 3.05. The van der Waals surface area contributed by atoms with Crippen molar-refractivity contribution in [1.29, 1.82) is 0 Å². The summed E-state index contributed by atoms with van der Waals surface area (Å²) in [5.41, 5.74) is 0. The van der Waals surface area contributed by atoms with Crippen molar-refractivity contribution in [3.63, 3.8) is 0 Å². The molecule has 0 nitrogen and oxygen atoms in total. The van der Waals surface area contributed by atoms with Gasteiger partial charge < -0.3 is 0 Å². The summed E-state index contributed by atoms with van der Waals surface area (Å²) in [5.74, 6) is 6.07. The number of hydrogen-bond acceptors (Lipinski definition) is 0. The topological polar surface area (TPSA) is 0 Å². The van der Waals surface area contributed by atoms with Crippen LogP contribution in [0.5, 0.6) is 0 Å². The van der Waals surface area contributed by atoms with Gasteiger partial charge in [-0.3, -0.25) is 0 Å². The van der Waals surface area contributed by atoms with E-state index in [0.29, 0.717) is 0 Å². The Morgan fingerprint density at radius 3 is 2.67 bits per heavy atom. The summed E-state index contributed by atoms with van der Waals surface area (Å²) in [6.07, 6.45) is 2.12. The maximum Gasteiger partial charge on any atom is 0.0418 e. The third-order valence-electron chi connectivity index (χ3n) is 0.722. The number of hydrogen-bond donors (Lipinski definition) is 0. The molecule has 1 unspecified atom stereocenters. The van der Waals surface area contributed by atoms with Crippen LogP contribution in [0, 0.1) is 11.8 Å². The van der Waals surface area contributed by atoms with Crippen LogP contribution in [0.2, 0.25) is 0 Å². The summed E-state index contributed by atoms with van der Waals surface area (Å²) in [5, 5.41) is 1.21. The van der Waals surface area contributed by atoms with Crippen molar-refractivity contribution in [2.45, 2.75) is 20.3 Å². The zero-order valence-electron chi connectivity index (χ0n) is 5.94. The Morgan fingerprint density at radius 1 is 1.56 bits per heavy atom. The van der Waals surface area contributed by atoms with Gasteiger partial charge in [0.05, 0.1) is 0 Å². The van der Waals surface area contributed by atoms with Crippen LogP contribution < -0.4 is 0 Å². The fourth-order valence-electron chi connectivity index (χ4n) is 0.389. The molecule has 2 heteroatoms. The van der Waals surface area contributed by atoms with E-state index in [9.17, 15) is 0 Å². The first-order chi connectivity index (χ1) is 4.31. The van der Waals surface area contributed by atoms with Crippen LogP contribution in [0.15, 0.2) is 0 Å². The van der Waals surface area contributed by atoms with Crippen molar-refractivity contribution in [3.8, 4) is 11.8 Å². The van der Waals surface area contributed by atoms with Crippen molar-refractivity contribution in [1.82, 2.24) is 0 Å². The van der Waals surface area contributed by atoms with E-state index in [1.165, 1.54) is 13.2 Å². The first-order valence-electron chi connectivity index (χ1n) is 3.10. The second-order valence-corrected chi connectivity index (χ2v) is 4.01. The minimum Gasteiger partial charge on any atom is -0.0978 e. The summed E-state index contributed by atoms with van der Waals surface area (Å²) in [6, 6.07) is 0. The van der Waals surface area contributed by atoms with Gasteiger partial charge in [-0.05, 0) is 6.16 Å². The zero-order valence-corrected chi connectivity index (χ0v) is 7.99. The molecule has 0 saturated carbocycles. The third-order valence-corrected chi connectivity index (χ3v) is 2.18. The lowest BCUT2D eigenvalue weighted by Crippen LogP contribution is -1.72. The first-order valence-corrected chi connectivity index (χ1v) is 4.75. The molecule has 0 fully saturated rings. The van der Waals surface area contributed by atoms with Gasteiger partial charge in [-0.1, -0.05) is 43.1 Å². The molecule has 0 aliphatic carbocycles. The van der Waals surface area contributed by atoms with E-state index in [1.807, 2.05) is 0 Å². The molecule has 1 atom stereocenters. The van der Waals surface area contributed by atoms with Gasteiger partial charge in [0, 0.05) is 11.5 Å². The van der Waals surface area contributed by atoms with Crippen LogP contribution in [-0.4, -0.2) is 11.2 Å². The van der Waals surface area contributed by atoms with Crippen LogP contribution >= 0.6 is 17.4 Å². The molecule has 0 radical (unpaired) electrons. The van der Waals surface area contributed by atoms with E-state index in [2.05, 4.69) is 34.9 Å². The van der Waals surface area contributed by atoms with Gasteiger partial charge in [-0.25, -0.2) is 0 Å². The van der Waals surface area contributed by atoms with Gasteiger partial charge in [0.1, 0.15) is 0 Å². The van der Waals surface area contributed by atoms with Gasteiger partial charge in [-0.2, -0.15) is 0 Å². The molecule has 0 aliphatic rings. The summed E-state index contributed by atoms with van der Waals surface area (Å²) >= 11 is 0. The van der Waals surface area contributed by atoms with E-state index in [1.54, 1.807) is 0 Å². The Balaban J connectivity index is 3.74. The lowest BCUT2D eigenvalue weighted by Gasteiger charge is -1.81. The quantitative estimate of drug-likeness (QED) is 0.406. The summed E-state index contributed by atoms with van der Waals surface area (Å²) in [4.78, 5) is 0. The predicted molar refractivity (Wildman–Crippen MR) is 50.2 cm³/mol. The number of rotatable bonds is 1. The highest BCUT2D eigenvalue weighted by Gasteiger charge is 1.76. The van der Waals surface area contributed by atoms with Crippen molar-refractivity contribution in [3.05, 3.63) is 0 Å². The average Bonchev–Trinajstić information content (AvgIpc) is 1.85. The van der Waals surface area contributed by atoms with Gasteiger partial charge >= 0.3 is 0 Å². The molecule has 9 heavy (non-hydrogen) atoms. The Kier molecular flexibility index (Phi) is 6.39. The Morgan fingerprint density at radius 2 is 2.22 bits per heavy atom. The molecule has 0 aromatic rings. The van der Waals surface area contributed by atoms with Crippen LogP contribution in [0.4, 0.5) is 0 Å². The minimum atomic E-state index is 0.955. The molecule has 0 heterocycles. The van der Waals surface area contributed by atoms with E-state index in [4.69, 9.17) is 0 Å². The van der Waals surface area contributed by atoms with Crippen LogP contribution in [0.1, 0.15) is 20.3 Å². The van der Waals surface area contributed by atoms with E-state index < -0.39 is 0 Å². The van der Waals surface area contributed by atoms with Crippen molar-refractivity contribution >= 4 is 22.5 Å². The first kappa shape index (κ1) is 9.16. The monoisotopic (exact) mass is 158 g/mol. The molecule has 0 bridgehead atoms. The fourth-order valence-corrected chi connectivity index (χ4v) is 1.54. The van der Waals surface area contributed by atoms with Crippen LogP contribution in [-0.2, 0) is 0 Å².